The van der Waals surface area contributed by atoms with Crippen molar-refractivity contribution in [3.63, 3.8) is 0 Å². The molecule has 8 heteroatoms. The Morgan fingerprint density at radius 3 is 2.65 bits per heavy atom. The molecule has 2 fully saturated rings. The van der Waals surface area contributed by atoms with Crippen LogP contribution in [-0.2, 0) is 14.8 Å². The highest BCUT2D eigenvalue weighted by atomic mass is 32.2. The topological polar surface area (TPSA) is 110 Å². The fourth-order valence-electron chi connectivity index (χ4n) is 2.85. The van der Waals surface area contributed by atoms with E-state index in [0.29, 0.717) is 11.3 Å². The summed E-state index contributed by atoms with van der Waals surface area (Å²) in [6.07, 6.45) is 2.08. The molecule has 0 spiro atoms. The first-order chi connectivity index (χ1) is 10.8. The van der Waals surface area contributed by atoms with E-state index in [9.17, 15) is 18.0 Å². The summed E-state index contributed by atoms with van der Waals surface area (Å²) in [4.78, 5) is 26.0. The third-order valence-electron chi connectivity index (χ3n) is 4.03. The first-order valence-electron chi connectivity index (χ1n) is 7.54. The number of nitrogens with one attached hydrogen (secondary N) is 1. The van der Waals surface area contributed by atoms with Gasteiger partial charge >= 0.3 is 0 Å². The summed E-state index contributed by atoms with van der Waals surface area (Å²) >= 11 is 0. The fraction of sp³-hybridized carbons (Fsp3) is 0.467. The molecule has 1 heterocycles. The van der Waals surface area contributed by atoms with Crippen LogP contribution in [0, 0.1) is 5.92 Å². The average Bonchev–Trinajstić information content (AvgIpc) is 3.20. The maximum absolute atomic E-state index is 12.3. The van der Waals surface area contributed by atoms with Crippen molar-refractivity contribution in [2.75, 3.05) is 17.2 Å². The molecule has 0 aromatic heterocycles. The van der Waals surface area contributed by atoms with Gasteiger partial charge in [-0.05, 0) is 25.0 Å². The Kier molecular flexibility index (Phi) is 4.11. The van der Waals surface area contributed by atoms with Crippen LogP contribution in [0.4, 0.5) is 5.69 Å². The van der Waals surface area contributed by atoms with Crippen LogP contribution in [0.3, 0.4) is 0 Å². The van der Waals surface area contributed by atoms with Crippen molar-refractivity contribution in [2.45, 2.75) is 25.3 Å². The fourth-order valence-corrected chi connectivity index (χ4v) is 3.73. The molecular formula is C15H19N3O4S. The molecule has 1 saturated heterocycles. The minimum Gasteiger partial charge on any atom is -0.349 e. The van der Waals surface area contributed by atoms with Crippen molar-refractivity contribution in [1.82, 2.24) is 5.32 Å². The number of amides is 2. The number of nitrogens with two attached hydrogens (primary N) is 1. The molecule has 124 valence electrons. The lowest BCUT2D eigenvalue weighted by Crippen LogP contribution is -2.31. The van der Waals surface area contributed by atoms with Crippen molar-refractivity contribution in [3.8, 4) is 0 Å². The smallest absolute Gasteiger partial charge is 0.253 e. The highest BCUT2D eigenvalue weighted by molar-refractivity contribution is 7.89. The van der Waals surface area contributed by atoms with Crippen LogP contribution in [0.25, 0.3) is 0 Å². The van der Waals surface area contributed by atoms with Gasteiger partial charge in [0.05, 0.1) is 17.0 Å². The number of nitrogens with zero attached hydrogens (tertiary/aromatic N) is 1. The molecule has 1 aromatic rings. The Morgan fingerprint density at radius 1 is 1.30 bits per heavy atom. The number of rotatable bonds is 5. The maximum Gasteiger partial charge on any atom is 0.253 e. The van der Waals surface area contributed by atoms with E-state index in [4.69, 9.17) is 5.14 Å². The third-order valence-corrected chi connectivity index (χ3v) is 4.96. The van der Waals surface area contributed by atoms with E-state index in [-0.39, 0.29) is 42.5 Å². The van der Waals surface area contributed by atoms with Gasteiger partial charge in [0.25, 0.3) is 5.91 Å². The second-order valence-electron chi connectivity index (χ2n) is 6.17. The Morgan fingerprint density at radius 2 is 2.00 bits per heavy atom. The monoisotopic (exact) mass is 337 g/mol. The van der Waals surface area contributed by atoms with Crippen LogP contribution in [-0.4, -0.2) is 38.6 Å². The van der Waals surface area contributed by atoms with Gasteiger partial charge in [-0.2, -0.15) is 0 Å². The summed E-state index contributed by atoms with van der Waals surface area (Å²) in [5.41, 5.74) is 0.955. The zero-order valence-corrected chi connectivity index (χ0v) is 13.4. The van der Waals surface area contributed by atoms with E-state index in [1.54, 1.807) is 24.3 Å². The minimum atomic E-state index is -3.63. The molecule has 7 nitrogen and oxygen atoms in total. The van der Waals surface area contributed by atoms with Gasteiger partial charge in [0.15, 0.2) is 0 Å². The quantitative estimate of drug-likeness (QED) is 0.801. The number of carbonyl (C=O) groups is 2. The van der Waals surface area contributed by atoms with Gasteiger partial charge in [0.1, 0.15) is 0 Å². The van der Waals surface area contributed by atoms with E-state index in [2.05, 4.69) is 5.32 Å². The predicted octanol–water partition coefficient (Wildman–Crippen LogP) is 0.220. The molecule has 1 aliphatic carbocycles. The van der Waals surface area contributed by atoms with Gasteiger partial charge in [-0.3, -0.25) is 9.59 Å². The summed E-state index contributed by atoms with van der Waals surface area (Å²) in [6.45, 7) is 0.253. The van der Waals surface area contributed by atoms with Crippen molar-refractivity contribution < 1.29 is 18.0 Å². The summed E-state index contributed by atoms with van der Waals surface area (Å²) in [5.74, 6) is -0.973. The summed E-state index contributed by atoms with van der Waals surface area (Å²) in [6, 6.07) is 7.10. The summed E-state index contributed by atoms with van der Waals surface area (Å²) in [7, 11) is -3.63. The second kappa shape index (κ2) is 5.93. The number of benzene rings is 1. The molecule has 1 aliphatic heterocycles. The van der Waals surface area contributed by atoms with E-state index >= 15 is 0 Å². The standard InChI is InChI=1S/C15H19N3O4S/c16-23(21,22)9-10-7-14(19)18(8-10)13-4-2-1-3-12(13)15(20)17-11-5-6-11/h1-4,10-11H,5-9H2,(H,17,20)(H2,16,21,22). The summed E-state index contributed by atoms with van der Waals surface area (Å²) < 4.78 is 22.4. The van der Waals surface area contributed by atoms with Crippen LogP contribution in [0.15, 0.2) is 24.3 Å². The van der Waals surface area contributed by atoms with Gasteiger partial charge in [-0.25, -0.2) is 13.6 Å². The zero-order valence-electron chi connectivity index (χ0n) is 12.6. The maximum atomic E-state index is 12.3. The molecule has 0 bridgehead atoms. The third kappa shape index (κ3) is 3.89. The number of primary sulfonamides is 1. The number of carbonyl (C=O) groups excluding carboxylic acids is 2. The van der Waals surface area contributed by atoms with E-state index < -0.39 is 10.0 Å². The number of para-hydroxylation sites is 1. The van der Waals surface area contributed by atoms with E-state index in [1.807, 2.05) is 0 Å². The number of hydrogen-bond acceptors (Lipinski definition) is 4. The molecular weight excluding hydrogens is 318 g/mol. The van der Waals surface area contributed by atoms with Gasteiger partial charge in [-0.1, -0.05) is 12.1 Å². The first kappa shape index (κ1) is 15.9. The van der Waals surface area contributed by atoms with Crippen LogP contribution in [0.5, 0.6) is 0 Å². The van der Waals surface area contributed by atoms with Crippen LogP contribution >= 0.6 is 0 Å². The van der Waals surface area contributed by atoms with Gasteiger partial charge in [-0.15, -0.1) is 0 Å². The predicted molar refractivity (Wildman–Crippen MR) is 85.4 cm³/mol. The molecule has 1 aromatic carbocycles. The van der Waals surface area contributed by atoms with Crippen molar-refractivity contribution in [1.29, 1.82) is 0 Å². The lowest BCUT2D eigenvalue weighted by molar-refractivity contribution is -0.117. The Bertz CT molecular complexity index is 743. The Balaban J connectivity index is 1.81. The molecule has 1 unspecified atom stereocenters. The average molecular weight is 337 g/mol. The molecule has 23 heavy (non-hydrogen) atoms. The number of hydrogen-bond donors (Lipinski definition) is 2. The van der Waals surface area contributed by atoms with E-state index in [1.165, 1.54) is 4.90 Å². The molecule has 3 N–H and O–H groups in total. The second-order valence-corrected chi connectivity index (χ2v) is 7.83. The normalized spacial score (nSPS) is 21.5. The van der Waals surface area contributed by atoms with Gasteiger partial charge < -0.3 is 10.2 Å². The summed E-state index contributed by atoms with van der Waals surface area (Å²) in [5, 5.41) is 7.97. The van der Waals surface area contributed by atoms with Gasteiger partial charge in [0, 0.05) is 24.9 Å². The van der Waals surface area contributed by atoms with Gasteiger partial charge in [0.2, 0.25) is 15.9 Å². The number of anilines is 1. The molecule has 3 rings (SSSR count). The van der Waals surface area contributed by atoms with Crippen molar-refractivity contribution in [2.24, 2.45) is 11.1 Å². The first-order valence-corrected chi connectivity index (χ1v) is 9.26. The lowest BCUT2D eigenvalue weighted by atomic mass is 10.1. The molecule has 1 atom stereocenters. The van der Waals surface area contributed by atoms with Crippen LogP contribution in [0.2, 0.25) is 0 Å². The Hall–Kier alpha value is -1.93. The molecule has 1 saturated carbocycles. The van der Waals surface area contributed by atoms with Crippen molar-refractivity contribution >= 4 is 27.5 Å². The number of sulfonamides is 1. The van der Waals surface area contributed by atoms with Crippen LogP contribution < -0.4 is 15.4 Å². The molecule has 2 amide bonds. The van der Waals surface area contributed by atoms with Crippen LogP contribution in [0.1, 0.15) is 29.6 Å². The SMILES string of the molecule is NS(=O)(=O)CC1CC(=O)N(c2ccccc2C(=O)NC2CC2)C1. The Labute approximate surface area is 134 Å². The highest BCUT2D eigenvalue weighted by Gasteiger charge is 2.35. The zero-order chi connectivity index (χ0) is 16.6. The largest absolute Gasteiger partial charge is 0.349 e. The molecule has 2 aliphatic rings. The van der Waals surface area contributed by atoms with Crippen molar-refractivity contribution in [3.05, 3.63) is 29.8 Å². The lowest BCUT2D eigenvalue weighted by Gasteiger charge is -2.20. The molecule has 0 radical (unpaired) electrons. The minimum absolute atomic E-state index is 0.120. The highest BCUT2D eigenvalue weighted by Crippen LogP contribution is 2.29. The van der Waals surface area contributed by atoms with E-state index in [0.717, 1.165) is 12.8 Å².